The minimum atomic E-state index is -0.233. The van der Waals surface area contributed by atoms with Crippen molar-refractivity contribution in [3.8, 4) is 11.8 Å². The van der Waals surface area contributed by atoms with Gasteiger partial charge in [-0.15, -0.1) is 11.3 Å². The summed E-state index contributed by atoms with van der Waals surface area (Å²) in [4.78, 5) is 13.7. The molecule has 0 saturated carbocycles. The predicted molar refractivity (Wildman–Crippen MR) is 110 cm³/mol. The summed E-state index contributed by atoms with van der Waals surface area (Å²) in [7, 11) is 0. The molecule has 0 fully saturated rings. The van der Waals surface area contributed by atoms with Crippen molar-refractivity contribution in [2.75, 3.05) is 11.9 Å². The highest BCUT2D eigenvalue weighted by molar-refractivity contribution is 7.16. The Hall–Kier alpha value is -2.58. The highest BCUT2D eigenvalue weighted by atomic mass is 32.1. The van der Waals surface area contributed by atoms with Gasteiger partial charge in [-0.05, 0) is 49.3 Å². The molecule has 1 heterocycles. The van der Waals surface area contributed by atoms with Crippen LogP contribution in [0.1, 0.15) is 48.3 Å². The number of thiophene rings is 1. The summed E-state index contributed by atoms with van der Waals surface area (Å²) < 4.78 is 5.71. The van der Waals surface area contributed by atoms with E-state index in [-0.39, 0.29) is 5.91 Å². The summed E-state index contributed by atoms with van der Waals surface area (Å²) in [5, 5.41) is 13.1. The second-order valence-electron chi connectivity index (χ2n) is 6.88. The zero-order valence-electron chi connectivity index (χ0n) is 15.7. The highest BCUT2D eigenvalue weighted by Crippen LogP contribution is 2.39. The summed E-state index contributed by atoms with van der Waals surface area (Å²) in [5.41, 5.74) is 2.62. The van der Waals surface area contributed by atoms with E-state index in [1.165, 1.54) is 11.0 Å². The first-order valence-electron chi connectivity index (χ1n) is 9.37. The number of anilines is 1. The first kappa shape index (κ1) is 19.2. The Labute approximate surface area is 164 Å². The molecule has 27 heavy (non-hydrogen) atoms. The molecule has 0 spiro atoms. The zero-order valence-corrected chi connectivity index (χ0v) is 16.6. The molecule has 3 rings (SSSR count). The van der Waals surface area contributed by atoms with Gasteiger partial charge < -0.3 is 10.1 Å². The molecule has 1 aliphatic rings. The number of benzene rings is 1. The van der Waals surface area contributed by atoms with Crippen molar-refractivity contribution in [1.82, 2.24) is 0 Å². The second-order valence-corrected chi connectivity index (χ2v) is 7.98. The monoisotopic (exact) mass is 380 g/mol. The molecular weight excluding hydrogens is 356 g/mol. The maximum Gasteiger partial charge on any atom is 0.249 e. The van der Waals surface area contributed by atoms with Crippen LogP contribution in [0.5, 0.6) is 5.75 Å². The number of carbonyl (C=O) groups is 1. The van der Waals surface area contributed by atoms with E-state index in [0.717, 1.165) is 42.6 Å². The molecule has 1 unspecified atom stereocenters. The number of amides is 1. The fourth-order valence-electron chi connectivity index (χ4n) is 3.24. The Balaban J connectivity index is 1.74. The average Bonchev–Trinajstić information content (AvgIpc) is 3.01. The standard InChI is InChI=1S/C22H24N2O2S/c1-3-12-26-19-7-5-4-6-16(19)9-11-21(25)24-22-18(14-23)17-10-8-15(2)13-20(17)27-22/h4-7,9,11,15H,3,8,10,12-13H2,1-2H3,(H,24,25). The van der Waals surface area contributed by atoms with Gasteiger partial charge in [0.05, 0.1) is 12.2 Å². The maximum atomic E-state index is 12.4. The van der Waals surface area contributed by atoms with Crippen molar-refractivity contribution < 1.29 is 9.53 Å². The first-order chi connectivity index (χ1) is 13.1. The first-order valence-corrected chi connectivity index (χ1v) is 10.2. The lowest BCUT2D eigenvalue weighted by atomic mass is 9.89. The molecule has 5 heteroatoms. The van der Waals surface area contributed by atoms with E-state index in [1.54, 1.807) is 17.4 Å². The minimum absolute atomic E-state index is 0.233. The number of ether oxygens (including phenoxy) is 1. The summed E-state index contributed by atoms with van der Waals surface area (Å²) in [6, 6.07) is 9.93. The van der Waals surface area contributed by atoms with Crippen LogP contribution in [0.3, 0.4) is 0 Å². The van der Waals surface area contributed by atoms with Crippen molar-refractivity contribution in [2.45, 2.75) is 39.5 Å². The number of hydrogen-bond donors (Lipinski definition) is 1. The third-order valence-corrected chi connectivity index (χ3v) is 5.82. The number of nitrogens with zero attached hydrogens (tertiary/aromatic N) is 1. The van der Waals surface area contributed by atoms with E-state index in [0.29, 0.717) is 23.1 Å². The molecule has 1 atom stereocenters. The van der Waals surface area contributed by atoms with E-state index in [4.69, 9.17) is 4.74 Å². The highest BCUT2D eigenvalue weighted by Gasteiger charge is 2.24. The van der Waals surface area contributed by atoms with Crippen LogP contribution in [0.25, 0.3) is 6.08 Å². The summed E-state index contributed by atoms with van der Waals surface area (Å²) in [6.45, 7) is 4.93. The molecule has 0 saturated heterocycles. The van der Waals surface area contributed by atoms with Crippen molar-refractivity contribution in [1.29, 1.82) is 5.26 Å². The van der Waals surface area contributed by atoms with Crippen LogP contribution in [0, 0.1) is 17.2 Å². The minimum Gasteiger partial charge on any atom is -0.493 e. The van der Waals surface area contributed by atoms with Gasteiger partial charge >= 0.3 is 0 Å². The van der Waals surface area contributed by atoms with Gasteiger partial charge in [0.2, 0.25) is 5.91 Å². The van der Waals surface area contributed by atoms with E-state index in [1.807, 2.05) is 24.3 Å². The van der Waals surface area contributed by atoms with Gasteiger partial charge in [0.1, 0.15) is 16.8 Å². The van der Waals surface area contributed by atoms with Crippen LogP contribution < -0.4 is 10.1 Å². The fourth-order valence-corrected chi connectivity index (χ4v) is 4.60. The molecule has 1 aromatic heterocycles. The summed E-state index contributed by atoms with van der Waals surface area (Å²) in [5.74, 6) is 1.16. The number of fused-ring (bicyclic) bond motifs is 1. The van der Waals surface area contributed by atoms with Crippen molar-refractivity contribution in [3.05, 3.63) is 51.9 Å². The summed E-state index contributed by atoms with van der Waals surface area (Å²) in [6.07, 6.45) is 7.18. The Bertz CT molecular complexity index is 892. The molecule has 140 valence electrons. The Morgan fingerprint density at radius 3 is 3.04 bits per heavy atom. The van der Waals surface area contributed by atoms with Gasteiger partial charge in [-0.2, -0.15) is 5.26 Å². The third kappa shape index (κ3) is 4.58. The van der Waals surface area contributed by atoms with Gasteiger partial charge in [0.25, 0.3) is 0 Å². The molecular formula is C22H24N2O2S. The van der Waals surface area contributed by atoms with Gasteiger partial charge in [0.15, 0.2) is 0 Å². The zero-order chi connectivity index (χ0) is 19.2. The van der Waals surface area contributed by atoms with E-state index in [9.17, 15) is 10.1 Å². The Morgan fingerprint density at radius 2 is 2.26 bits per heavy atom. The number of rotatable bonds is 6. The predicted octanol–water partition coefficient (Wildman–Crippen LogP) is 5.19. The van der Waals surface area contributed by atoms with Crippen LogP contribution in [0.15, 0.2) is 30.3 Å². The number of para-hydroxylation sites is 1. The van der Waals surface area contributed by atoms with Crippen molar-refractivity contribution >= 4 is 28.3 Å². The SMILES string of the molecule is CCCOc1ccccc1C=CC(=O)Nc1sc2c(c1C#N)CCC(C)C2. The van der Waals surface area contributed by atoms with E-state index < -0.39 is 0 Å². The van der Waals surface area contributed by atoms with Crippen LogP contribution in [0.4, 0.5) is 5.00 Å². The largest absolute Gasteiger partial charge is 0.493 e. The maximum absolute atomic E-state index is 12.4. The number of hydrogen-bond acceptors (Lipinski definition) is 4. The molecule has 1 aliphatic carbocycles. The third-order valence-electron chi connectivity index (χ3n) is 4.66. The van der Waals surface area contributed by atoms with Gasteiger partial charge in [-0.1, -0.05) is 32.0 Å². The fraction of sp³-hybridized carbons (Fsp3) is 0.364. The molecule has 1 aromatic carbocycles. The number of carbonyl (C=O) groups excluding carboxylic acids is 1. The molecule has 0 bridgehead atoms. The summed E-state index contributed by atoms with van der Waals surface area (Å²) >= 11 is 1.54. The molecule has 0 aliphatic heterocycles. The quantitative estimate of drug-likeness (QED) is 0.702. The van der Waals surface area contributed by atoms with Gasteiger partial charge in [0, 0.05) is 16.5 Å². The smallest absolute Gasteiger partial charge is 0.249 e. The lowest BCUT2D eigenvalue weighted by Gasteiger charge is -2.17. The Morgan fingerprint density at radius 1 is 1.44 bits per heavy atom. The van der Waals surface area contributed by atoms with Crippen molar-refractivity contribution in [3.63, 3.8) is 0 Å². The normalized spacial score (nSPS) is 16.0. The number of nitriles is 1. The van der Waals surface area contributed by atoms with Gasteiger partial charge in [-0.3, -0.25) is 4.79 Å². The average molecular weight is 381 g/mol. The Kier molecular flexibility index (Phi) is 6.31. The lowest BCUT2D eigenvalue weighted by molar-refractivity contribution is -0.111. The molecule has 2 aromatic rings. The molecule has 4 nitrogen and oxygen atoms in total. The van der Waals surface area contributed by atoms with Crippen LogP contribution >= 0.6 is 11.3 Å². The van der Waals surface area contributed by atoms with Crippen LogP contribution in [0.2, 0.25) is 0 Å². The van der Waals surface area contributed by atoms with Crippen molar-refractivity contribution in [2.24, 2.45) is 5.92 Å². The van der Waals surface area contributed by atoms with E-state index in [2.05, 4.69) is 25.2 Å². The molecule has 0 radical (unpaired) electrons. The topological polar surface area (TPSA) is 62.1 Å². The van der Waals surface area contributed by atoms with Crippen LogP contribution in [-0.2, 0) is 17.6 Å². The van der Waals surface area contributed by atoms with Gasteiger partial charge in [-0.25, -0.2) is 0 Å². The number of nitrogens with one attached hydrogen (secondary N) is 1. The lowest BCUT2D eigenvalue weighted by Crippen LogP contribution is -2.10. The second kappa shape index (κ2) is 8.88. The molecule has 1 amide bonds. The molecule has 1 N–H and O–H groups in total. The van der Waals surface area contributed by atoms with E-state index >= 15 is 0 Å². The van der Waals surface area contributed by atoms with Crippen LogP contribution in [-0.4, -0.2) is 12.5 Å².